The van der Waals surface area contributed by atoms with Gasteiger partial charge in [-0.15, -0.1) is 0 Å². The van der Waals surface area contributed by atoms with Crippen molar-refractivity contribution >= 4 is 5.57 Å². The first kappa shape index (κ1) is 10.1. The third-order valence-corrected chi connectivity index (χ3v) is 4.53. The molecular weight excluding hydrogens is 194 g/mol. The Kier molecular flexibility index (Phi) is 2.18. The summed E-state index contributed by atoms with van der Waals surface area (Å²) in [5.41, 5.74) is 4.41. The molecule has 1 aromatic carbocycles. The van der Waals surface area contributed by atoms with E-state index in [1.165, 1.54) is 42.4 Å². The van der Waals surface area contributed by atoms with Crippen LogP contribution in [0.4, 0.5) is 0 Å². The van der Waals surface area contributed by atoms with Crippen LogP contribution < -0.4 is 5.32 Å². The molecule has 1 nitrogen and oxygen atoms in total. The fourth-order valence-electron chi connectivity index (χ4n) is 3.74. The maximum Gasteiger partial charge on any atom is 0.0507 e. The smallest absolute Gasteiger partial charge is 0.0507 e. The largest absolute Gasteiger partial charge is 0.310 e. The highest BCUT2D eigenvalue weighted by Gasteiger charge is 2.48. The van der Waals surface area contributed by atoms with Crippen LogP contribution in [0.5, 0.6) is 0 Å². The monoisotopic (exact) mass is 213 g/mol. The average Bonchev–Trinajstić information content (AvgIpc) is 2.62. The Labute approximate surface area is 97.6 Å². The summed E-state index contributed by atoms with van der Waals surface area (Å²) in [4.78, 5) is 0. The quantitative estimate of drug-likeness (QED) is 0.754. The van der Waals surface area contributed by atoms with E-state index in [-0.39, 0.29) is 5.54 Å². The lowest BCUT2D eigenvalue weighted by Gasteiger charge is -2.40. The number of hydrogen-bond acceptors (Lipinski definition) is 1. The minimum Gasteiger partial charge on any atom is -0.310 e. The molecule has 1 fully saturated rings. The van der Waals surface area contributed by atoms with Crippen LogP contribution in [-0.4, -0.2) is 7.05 Å². The molecule has 0 bridgehead atoms. The van der Waals surface area contributed by atoms with Gasteiger partial charge in [0.25, 0.3) is 0 Å². The van der Waals surface area contributed by atoms with Gasteiger partial charge >= 0.3 is 0 Å². The molecule has 0 radical (unpaired) electrons. The molecule has 1 saturated carbocycles. The molecule has 0 aliphatic heterocycles. The Morgan fingerprint density at radius 2 is 2.12 bits per heavy atom. The van der Waals surface area contributed by atoms with E-state index in [1.807, 2.05) is 0 Å². The van der Waals surface area contributed by atoms with Crippen LogP contribution in [0, 0.1) is 5.92 Å². The molecule has 0 heterocycles. The molecule has 1 heteroatoms. The van der Waals surface area contributed by atoms with Crippen LogP contribution >= 0.6 is 0 Å². The van der Waals surface area contributed by atoms with Crippen molar-refractivity contribution < 1.29 is 0 Å². The molecule has 0 amide bonds. The van der Waals surface area contributed by atoms with Crippen molar-refractivity contribution in [3.8, 4) is 0 Å². The van der Waals surface area contributed by atoms with Crippen LogP contribution in [0.25, 0.3) is 5.57 Å². The summed E-state index contributed by atoms with van der Waals surface area (Å²) in [5.74, 6) is 0.614. The van der Waals surface area contributed by atoms with Crippen molar-refractivity contribution in [3.63, 3.8) is 0 Å². The van der Waals surface area contributed by atoms with Crippen LogP contribution in [-0.2, 0) is 5.54 Å². The predicted octanol–water partition coefficient (Wildman–Crippen LogP) is 3.32. The first-order valence-electron chi connectivity index (χ1n) is 6.27. The van der Waals surface area contributed by atoms with Crippen LogP contribution in [0.15, 0.2) is 30.8 Å². The normalized spacial score (nSPS) is 32.3. The van der Waals surface area contributed by atoms with E-state index in [1.54, 1.807) is 0 Å². The van der Waals surface area contributed by atoms with Crippen molar-refractivity contribution in [1.29, 1.82) is 0 Å². The maximum absolute atomic E-state index is 4.33. The van der Waals surface area contributed by atoms with Crippen molar-refractivity contribution in [3.05, 3.63) is 42.0 Å². The van der Waals surface area contributed by atoms with E-state index in [9.17, 15) is 0 Å². The van der Waals surface area contributed by atoms with Gasteiger partial charge in [0.15, 0.2) is 0 Å². The van der Waals surface area contributed by atoms with Crippen LogP contribution in [0.2, 0.25) is 0 Å². The second-order valence-corrected chi connectivity index (χ2v) is 5.09. The Morgan fingerprint density at radius 3 is 2.94 bits per heavy atom. The van der Waals surface area contributed by atoms with Crippen molar-refractivity contribution in [2.24, 2.45) is 5.92 Å². The molecule has 84 valence electrons. The summed E-state index contributed by atoms with van der Waals surface area (Å²) in [6, 6.07) is 8.80. The third kappa shape index (κ3) is 1.10. The van der Waals surface area contributed by atoms with E-state index in [4.69, 9.17) is 0 Å². The lowest BCUT2D eigenvalue weighted by atomic mass is 9.72. The SMILES string of the molecule is C=C1c2ccccc2C2(NC)CCCCC12. The lowest BCUT2D eigenvalue weighted by molar-refractivity contribution is 0.207. The Morgan fingerprint density at radius 1 is 1.31 bits per heavy atom. The standard InChI is InChI=1S/C15H19N/c1-11-12-7-3-4-9-14(12)15(16-2)10-6-5-8-13(11)15/h3-4,7,9,13,16H,1,5-6,8,10H2,2H3. The summed E-state index contributed by atoms with van der Waals surface area (Å²) in [6.45, 7) is 4.33. The summed E-state index contributed by atoms with van der Waals surface area (Å²) in [5, 5.41) is 3.61. The molecule has 2 atom stereocenters. The highest BCUT2D eigenvalue weighted by molar-refractivity contribution is 5.76. The van der Waals surface area contributed by atoms with Crippen molar-refractivity contribution in [2.75, 3.05) is 7.05 Å². The molecular formula is C15H19N. The van der Waals surface area contributed by atoms with Gasteiger partial charge < -0.3 is 5.32 Å². The number of fused-ring (bicyclic) bond motifs is 3. The summed E-state index contributed by atoms with van der Waals surface area (Å²) < 4.78 is 0. The number of rotatable bonds is 1. The van der Waals surface area contributed by atoms with Gasteiger partial charge in [-0.25, -0.2) is 0 Å². The van der Waals surface area contributed by atoms with Crippen LogP contribution in [0.3, 0.4) is 0 Å². The fraction of sp³-hybridized carbons (Fsp3) is 0.467. The molecule has 2 aliphatic carbocycles. The first-order chi connectivity index (χ1) is 7.79. The molecule has 16 heavy (non-hydrogen) atoms. The molecule has 3 rings (SSSR count). The van der Waals surface area contributed by atoms with Gasteiger partial charge in [0.2, 0.25) is 0 Å². The van der Waals surface area contributed by atoms with Gasteiger partial charge in [-0.1, -0.05) is 43.7 Å². The lowest BCUT2D eigenvalue weighted by Crippen LogP contribution is -2.45. The molecule has 1 aromatic rings. The Bertz CT molecular complexity index is 435. The van der Waals surface area contributed by atoms with Gasteiger partial charge in [-0.3, -0.25) is 0 Å². The Balaban J connectivity index is 2.20. The number of benzene rings is 1. The van der Waals surface area contributed by atoms with Crippen molar-refractivity contribution in [1.82, 2.24) is 5.32 Å². The van der Waals surface area contributed by atoms with E-state index >= 15 is 0 Å². The third-order valence-electron chi connectivity index (χ3n) is 4.53. The molecule has 0 spiro atoms. The molecule has 2 aliphatic rings. The first-order valence-corrected chi connectivity index (χ1v) is 6.27. The minimum absolute atomic E-state index is 0.186. The molecule has 0 saturated heterocycles. The summed E-state index contributed by atoms with van der Waals surface area (Å²) >= 11 is 0. The summed E-state index contributed by atoms with van der Waals surface area (Å²) in [7, 11) is 2.10. The topological polar surface area (TPSA) is 12.0 Å². The maximum atomic E-state index is 4.33. The van der Waals surface area contributed by atoms with E-state index in [0.29, 0.717) is 5.92 Å². The predicted molar refractivity (Wildman–Crippen MR) is 68.2 cm³/mol. The van der Waals surface area contributed by atoms with Gasteiger partial charge in [-0.05, 0) is 36.6 Å². The van der Waals surface area contributed by atoms with E-state index < -0.39 is 0 Å². The molecule has 2 unspecified atom stereocenters. The van der Waals surface area contributed by atoms with Gasteiger partial charge in [0, 0.05) is 5.92 Å². The van der Waals surface area contributed by atoms with Gasteiger partial charge in [0.05, 0.1) is 5.54 Å². The fourth-order valence-corrected chi connectivity index (χ4v) is 3.74. The van der Waals surface area contributed by atoms with Gasteiger partial charge in [0.1, 0.15) is 0 Å². The second-order valence-electron chi connectivity index (χ2n) is 5.09. The van der Waals surface area contributed by atoms with Gasteiger partial charge in [-0.2, -0.15) is 0 Å². The average molecular weight is 213 g/mol. The van der Waals surface area contributed by atoms with E-state index in [2.05, 4.69) is 43.2 Å². The summed E-state index contributed by atoms with van der Waals surface area (Å²) in [6.07, 6.45) is 5.22. The highest BCUT2D eigenvalue weighted by Crippen LogP contribution is 2.54. The van der Waals surface area contributed by atoms with E-state index in [0.717, 1.165) is 0 Å². The van der Waals surface area contributed by atoms with Crippen molar-refractivity contribution in [2.45, 2.75) is 31.2 Å². The highest BCUT2D eigenvalue weighted by atomic mass is 15.0. The number of nitrogens with one attached hydrogen (secondary N) is 1. The Hall–Kier alpha value is -1.08. The van der Waals surface area contributed by atoms with Crippen LogP contribution in [0.1, 0.15) is 36.8 Å². The molecule has 1 N–H and O–H groups in total. The zero-order chi connectivity index (χ0) is 11.2. The molecule has 0 aromatic heterocycles. The second kappa shape index (κ2) is 3.46. The zero-order valence-electron chi connectivity index (χ0n) is 9.92. The zero-order valence-corrected chi connectivity index (χ0v) is 9.92. The minimum atomic E-state index is 0.186. The number of hydrogen-bond donors (Lipinski definition) is 1.